The SMILES string of the molecule is CC1CN(c2ccc(S(=O)(=O)C(C)C)cc2)CCN1. The average Bonchev–Trinajstić information content (AvgIpc) is 2.38. The van der Waals surface area contributed by atoms with Crippen LogP contribution in [0.1, 0.15) is 20.8 Å². The lowest BCUT2D eigenvalue weighted by atomic mass is 10.2. The Morgan fingerprint density at radius 3 is 2.42 bits per heavy atom. The number of sulfone groups is 1. The maximum atomic E-state index is 12.0. The fourth-order valence-electron chi connectivity index (χ4n) is 2.29. The predicted molar refractivity (Wildman–Crippen MR) is 78.4 cm³/mol. The minimum atomic E-state index is -3.17. The van der Waals surface area contributed by atoms with Crippen molar-refractivity contribution in [1.82, 2.24) is 5.32 Å². The average molecular weight is 282 g/mol. The van der Waals surface area contributed by atoms with Crippen LogP contribution in [0, 0.1) is 0 Å². The first kappa shape index (κ1) is 14.3. The van der Waals surface area contributed by atoms with Gasteiger partial charge in [-0.15, -0.1) is 0 Å². The second-order valence-electron chi connectivity index (χ2n) is 5.39. The summed E-state index contributed by atoms with van der Waals surface area (Å²) in [5, 5.41) is 3.02. The normalized spacial score (nSPS) is 20.8. The molecule has 1 unspecified atom stereocenters. The van der Waals surface area contributed by atoms with E-state index in [-0.39, 0.29) is 5.25 Å². The number of piperazine rings is 1. The molecule has 1 aliphatic heterocycles. The standard InChI is InChI=1S/C14H22N2O2S/c1-11(2)19(17,18)14-6-4-13(5-7-14)16-9-8-15-12(3)10-16/h4-7,11-12,15H,8-10H2,1-3H3. The molecule has 0 amide bonds. The van der Waals surface area contributed by atoms with Gasteiger partial charge in [0.1, 0.15) is 0 Å². The van der Waals surface area contributed by atoms with Crippen LogP contribution in [0.15, 0.2) is 29.2 Å². The maximum Gasteiger partial charge on any atom is 0.180 e. The van der Waals surface area contributed by atoms with Crippen molar-refractivity contribution in [2.45, 2.75) is 37.0 Å². The summed E-state index contributed by atoms with van der Waals surface area (Å²) in [4.78, 5) is 2.70. The molecule has 1 N–H and O–H groups in total. The van der Waals surface area contributed by atoms with Gasteiger partial charge in [0.05, 0.1) is 10.1 Å². The molecule has 1 heterocycles. The van der Waals surface area contributed by atoms with Crippen molar-refractivity contribution in [2.24, 2.45) is 0 Å². The molecule has 0 saturated carbocycles. The molecule has 1 atom stereocenters. The van der Waals surface area contributed by atoms with Crippen molar-refractivity contribution in [3.8, 4) is 0 Å². The van der Waals surface area contributed by atoms with Gasteiger partial charge in [-0.05, 0) is 45.0 Å². The van der Waals surface area contributed by atoms with E-state index < -0.39 is 9.84 Å². The van der Waals surface area contributed by atoms with Crippen molar-refractivity contribution < 1.29 is 8.42 Å². The molecule has 0 aromatic heterocycles. The van der Waals surface area contributed by atoms with E-state index in [0.29, 0.717) is 10.9 Å². The number of rotatable bonds is 3. The van der Waals surface area contributed by atoms with Gasteiger partial charge in [-0.2, -0.15) is 0 Å². The molecular formula is C14H22N2O2S. The van der Waals surface area contributed by atoms with Crippen molar-refractivity contribution in [2.75, 3.05) is 24.5 Å². The number of anilines is 1. The summed E-state index contributed by atoms with van der Waals surface area (Å²) in [6, 6.07) is 7.72. The fraction of sp³-hybridized carbons (Fsp3) is 0.571. The molecule has 1 fully saturated rings. The predicted octanol–water partition coefficient (Wildman–Crippen LogP) is 1.67. The number of hydrogen-bond acceptors (Lipinski definition) is 4. The third-order valence-electron chi connectivity index (χ3n) is 3.52. The van der Waals surface area contributed by atoms with Crippen molar-refractivity contribution >= 4 is 15.5 Å². The Morgan fingerprint density at radius 1 is 1.26 bits per heavy atom. The van der Waals surface area contributed by atoms with E-state index in [2.05, 4.69) is 17.1 Å². The van der Waals surface area contributed by atoms with Crippen LogP contribution in [-0.4, -0.2) is 39.3 Å². The molecule has 106 valence electrons. The third-order valence-corrected chi connectivity index (χ3v) is 5.69. The summed E-state index contributed by atoms with van der Waals surface area (Å²) in [6.45, 7) is 8.45. The Bertz CT molecular complexity index is 523. The van der Waals surface area contributed by atoms with Gasteiger partial charge >= 0.3 is 0 Å². The molecule has 1 aromatic rings. The summed E-state index contributed by atoms with van der Waals surface area (Å²) >= 11 is 0. The summed E-state index contributed by atoms with van der Waals surface area (Å²) < 4.78 is 24.1. The molecule has 0 aliphatic carbocycles. The highest BCUT2D eigenvalue weighted by molar-refractivity contribution is 7.92. The van der Waals surface area contributed by atoms with E-state index >= 15 is 0 Å². The van der Waals surface area contributed by atoms with E-state index in [1.54, 1.807) is 26.0 Å². The first-order chi connectivity index (χ1) is 8.91. The van der Waals surface area contributed by atoms with Crippen LogP contribution < -0.4 is 10.2 Å². The highest BCUT2D eigenvalue weighted by Gasteiger charge is 2.20. The molecule has 1 aromatic carbocycles. The van der Waals surface area contributed by atoms with Crippen LogP contribution in [0.4, 0.5) is 5.69 Å². The Kier molecular flexibility index (Phi) is 4.16. The first-order valence-electron chi connectivity index (χ1n) is 6.73. The number of benzene rings is 1. The van der Waals surface area contributed by atoms with Crippen molar-refractivity contribution in [1.29, 1.82) is 0 Å². The van der Waals surface area contributed by atoms with Crippen LogP contribution in [0.25, 0.3) is 0 Å². The van der Waals surface area contributed by atoms with Gasteiger partial charge in [0.25, 0.3) is 0 Å². The van der Waals surface area contributed by atoms with Crippen LogP contribution in [0.5, 0.6) is 0 Å². The third kappa shape index (κ3) is 3.09. The zero-order chi connectivity index (χ0) is 14.0. The highest BCUT2D eigenvalue weighted by Crippen LogP contribution is 2.21. The molecule has 2 rings (SSSR count). The van der Waals surface area contributed by atoms with Gasteiger partial charge in [-0.3, -0.25) is 0 Å². The fourth-order valence-corrected chi connectivity index (χ4v) is 3.35. The largest absolute Gasteiger partial charge is 0.369 e. The van der Waals surface area contributed by atoms with Gasteiger partial charge in [-0.25, -0.2) is 8.42 Å². The summed E-state index contributed by atoms with van der Waals surface area (Å²) in [5.74, 6) is 0. The van der Waals surface area contributed by atoms with Gasteiger partial charge in [0.2, 0.25) is 0 Å². The minimum Gasteiger partial charge on any atom is -0.369 e. The van der Waals surface area contributed by atoms with Crippen LogP contribution in [-0.2, 0) is 9.84 Å². The molecule has 19 heavy (non-hydrogen) atoms. The Balaban J connectivity index is 2.19. The van der Waals surface area contributed by atoms with Crippen molar-refractivity contribution in [3.63, 3.8) is 0 Å². The lowest BCUT2D eigenvalue weighted by Crippen LogP contribution is -2.49. The summed E-state index contributed by atoms with van der Waals surface area (Å²) in [6.07, 6.45) is 0. The Morgan fingerprint density at radius 2 is 1.89 bits per heavy atom. The van der Waals surface area contributed by atoms with Crippen LogP contribution >= 0.6 is 0 Å². The minimum absolute atomic E-state index is 0.377. The van der Waals surface area contributed by atoms with Gasteiger partial charge < -0.3 is 10.2 Å². The van der Waals surface area contributed by atoms with E-state index in [4.69, 9.17) is 0 Å². The van der Waals surface area contributed by atoms with E-state index in [9.17, 15) is 8.42 Å². The smallest absolute Gasteiger partial charge is 0.180 e. The lowest BCUT2D eigenvalue weighted by Gasteiger charge is -2.33. The Labute approximate surface area is 115 Å². The summed E-state index contributed by atoms with van der Waals surface area (Å²) in [5.41, 5.74) is 1.09. The van der Waals surface area contributed by atoms with E-state index in [0.717, 1.165) is 25.3 Å². The number of hydrogen-bond donors (Lipinski definition) is 1. The zero-order valence-electron chi connectivity index (χ0n) is 11.8. The van der Waals surface area contributed by atoms with Gasteiger partial charge in [0.15, 0.2) is 9.84 Å². The molecule has 0 radical (unpaired) electrons. The van der Waals surface area contributed by atoms with E-state index in [1.165, 1.54) is 0 Å². The molecule has 5 heteroatoms. The number of nitrogens with one attached hydrogen (secondary N) is 1. The molecule has 0 spiro atoms. The van der Waals surface area contributed by atoms with Crippen molar-refractivity contribution in [3.05, 3.63) is 24.3 Å². The molecular weight excluding hydrogens is 260 g/mol. The quantitative estimate of drug-likeness (QED) is 0.916. The Hall–Kier alpha value is -1.07. The van der Waals surface area contributed by atoms with Gasteiger partial charge in [-0.1, -0.05) is 0 Å². The number of nitrogens with zero attached hydrogens (tertiary/aromatic N) is 1. The highest BCUT2D eigenvalue weighted by atomic mass is 32.2. The molecule has 0 bridgehead atoms. The summed E-state index contributed by atoms with van der Waals surface area (Å²) in [7, 11) is -3.17. The maximum absolute atomic E-state index is 12.0. The van der Waals surface area contributed by atoms with Gasteiger partial charge in [0, 0.05) is 31.4 Å². The van der Waals surface area contributed by atoms with Crippen LogP contribution in [0.3, 0.4) is 0 Å². The molecule has 1 saturated heterocycles. The van der Waals surface area contributed by atoms with Crippen LogP contribution in [0.2, 0.25) is 0 Å². The molecule has 1 aliphatic rings. The van der Waals surface area contributed by atoms with E-state index in [1.807, 2.05) is 12.1 Å². The second-order valence-corrected chi connectivity index (χ2v) is 7.89. The second kappa shape index (κ2) is 5.51. The monoisotopic (exact) mass is 282 g/mol. The zero-order valence-corrected chi connectivity index (χ0v) is 12.6. The lowest BCUT2D eigenvalue weighted by molar-refractivity contribution is 0.485. The first-order valence-corrected chi connectivity index (χ1v) is 8.28. The molecule has 4 nitrogen and oxygen atoms in total. The topological polar surface area (TPSA) is 49.4 Å².